The Kier molecular flexibility index (Phi) is 4.81. The number of halogens is 1. The summed E-state index contributed by atoms with van der Waals surface area (Å²) in [6, 6.07) is 7.04. The second-order valence-corrected chi connectivity index (χ2v) is 5.32. The minimum Gasteiger partial charge on any atom is -0.344 e. The highest BCUT2D eigenvalue weighted by Gasteiger charge is 2.17. The van der Waals surface area contributed by atoms with Crippen LogP contribution in [0.3, 0.4) is 0 Å². The monoisotopic (exact) mass is 297 g/mol. The number of aliphatic imine (C=N–C) groups is 1. The topological polar surface area (TPSA) is 70.6 Å². The van der Waals surface area contributed by atoms with Crippen LogP contribution in [0.4, 0.5) is 0 Å². The van der Waals surface area contributed by atoms with E-state index in [9.17, 15) is 9.59 Å². The first-order valence-corrected chi connectivity index (χ1v) is 7.02. The number of amides is 2. The molecule has 100 valence electrons. The summed E-state index contributed by atoms with van der Waals surface area (Å²) in [5, 5.41) is 6.13. The van der Waals surface area contributed by atoms with Crippen LogP contribution in [-0.2, 0) is 16.1 Å². The summed E-state index contributed by atoms with van der Waals surface area (Å²) in [5.74, 6) is -0.533. The number of rotatable bonds is 2. The van der Waals surface area contributed by atoms with Gasteiger partial charge in [-0.15, -0.1) is 0 Å². The third kappa shape index (κ3) is 4.25. The van der Waals surface area contributed by atoms with Gasteiger partial charge in [0.25, 0.3) is 0 Å². The summed E-state index contributed by atoms with van der Waals surface area (Å²) in [6.07, 6.45) is 0. The molecule has 0 unspecified atom stereocenters. The molecule has 7 heteroatoms. The van der Waals surface area contributed by atoms with E-state index >= 15 is 0 Å². The number of hydrogen-bond acceptors (Lipinski definition) is 4. The lowest BCUT2D eigenvalue weighted by atomic mass is 10.2. The van der Waals surface area contributed by atoms with E-state index < -0.39 is 11.8 Å². The molecule has 0 spiro atoms. The number of nitrogens with zero attached hydrogens (tertiary/aromatic N) is 1. The predicted molar refractivity (Wildman–Crippen MR) is 76.2 cm³/mol. The number of nitrogens with one attached hydrogen (secondary N) is 2. The third-order valence-electron chi connectivity index (χ3n) is 2.38. The van der Waals surface area contributed by atoms with E-state index in [2.05, 4.69) is 15.6 Å². The minimum absolute atomic E-state index is 0.281. The Labute approximate surface area is 119 Å². The first-order chi connectivity index (χ1) is 9.15. The van der Waals surface area contributed by atoms with Crippen molar-refractivity contribution in [2.24, 2.45) is 4.99 Å². The van der Waals surface area contributed by atoms with Crippen LogP contribution >= 0.6 is 23.4 Å². The van der Waals surface area contributed by atoms with Crippen molar-refractivity contribution < 1.29 is 9.59 Å². The maximum atomic E-state index is 11.6. The van der Waals surface area contributed by atoms with E-state index in [4.69, 9.17) is 11.6 Å². The molecule has 5 nitrogen and oxygen atoms in total. The normalized spacial score (nSPS) is 13.8. The average Bonchev–Trinajstić information content (AvgIpc) is 2.90. The first kappa shape index (κ1) is 13.9. The van der Waals surface area contributed by atoms with Gasteiger partial charge in [0.2, 0.25) is 0 Å². The van der Waals surface area contributed by atoms with Gasteiger partial charge in [0.15, 0.2) is 5.17 Å². The molecular formula is C12H12ClN3O2S. The van der Waals surface area contributed by atoms with Gasteiger partial charge in [-0.3, -0.25) is 19.9 Å². The van der Waals surface area contributed by atoms with E-state index in [1.165, 1.54) is 11.8 Å². The zero-order valence-corrected chi connectivity index (χ0v) is 11.6. The molecule has 0 bridgehead atoms. The van der Waals surface area contributed by atoms with Gasteiger partial charge in [-0.25, -0.2) is 0 Å². The van der Waals surface area contributed by atoms with E-state index in [1.54, 1.807) is 24.3 Å². The van der Waals surface area contributed by atoms with Crippen molar-refractivity contribution >= 4 is 40.3 Å². The van der Waals surface area contributed by atoms with Crippen LogP contribution < -0.4 is 10.6 Å². The molecule has 0 atom stereocenters. The molecule has 1 heterocycles. The number of carbonyl (C=O) groups is 2. The van der Waals surface area contributed by atoms with Crippen LogP contribution in [0.5, 0.6) is 0 Å². The van der Waals surface area contributed by atoms with Crippen LogP contribution in [-0.4, -0.2) is 29.3 Å². The third-order valence-corrected chi connectivity index (χ3v) is 3.52. The van der Waals surface area contributed by atoms with Crippen molar-refractivity contribution in [2.45, 2.75) is 6.54 Å². The number of carbonyl (C=O) groups excluding carboxylic acids is 2. The maximum absolute atomic E-state index is 11.6. The maximum Gasteiger partial charge on any atom is 0.315 e. The summed E-state index contributed by atoms with van der Waals surface area (Å²) in [5.41, 5.74) is 0.873. The van der Waals surface area contributed by atoms with E-state index in [1.807, 2.05) is 0 Å². The standard InChI is InChI=1S/C12H12ClN3O2S/c13-9-3-1-8(2-4-9)7-15-10(17)11(18)16-12-14-5-6-19-12/h1-4H,5-7H2,(H,15,17)(H,14,16,18). The van der Waals surface area contributed by atoms with E-state index in [-0.39, 0.29) is 6.54 Å². The van der Waals surface area contributed by atoms with Gasteiger partial charge in [0.05, 0.1) is 6.54 Å². The smallest absolute Gasteiger partial charge is 0.315 e. The summed E-state index contributed by atoms with van der Waals surface area (Å²) in [4.78, 5) is 27.1. The lowest BCUT2D eigenvalue weighted by Gasteiger charge is -2.06. The second kappa shape index (κ2) is 6.58. The zero-order valence-electron chi connectivity index (χ0n) is 9.98. The van der Waals surface area contributed by atoms with Crippen LogP contribution in [0.1, 0.15) is 5.56 Å². The van der Waals surface area contributed by atoms with E-state index in [0.29, 0.717) is 16.7 Å². The first-order valence-electron chi connectivity index (χ1n) is 5.66. The lowest BCUT2D eigenvalue weighted by Crippen LogP contribution is -2.41. The molecule has 1 aliphatic heterocycles. The Balaban J connectivity index is 1.80. The highest BCUT2D eigenvalue weighted by Crippen LogP contribution is 2.09. The summed E-state index contributed by atoms with van der Waals surface area (Å²) in [7, 11) is 0. The molecule has 2 N–H and O–H groups in total. The number of benzene rings is 1. The molecule has 0 fully saturated rings. The van der Waals surface area contributed by atoms with Crippen molar-refractivity contribution in [3.63, 3.8) is 0 Å². The van der Waals surface area contributed by atoms with Crippen molar-refractivity contribution in [1.82, 2.24) is 10.6 Å². The molecule has 0 saturated heterocycles. The van der Waals surface area contributed by atoms with Crippen LogP contribution in [0.15, 0.2) is 29.3 Å². The number of amidine groups is 1. The van der Waals surface area contributed by atoms with Gasteiger partial charge >= 0.3 is 11.8 Å². The molecule has 19 heavy (non-hydrogen) atoms. The minimum atomic E-state index is -0.692. The molecule has 0 radical (unpaired) electrons. The fraction of sp³-hybridized carbons (Fsp3) is 0.250. The number of hydrogen-bond donors (Lipinski definition) is 2. The van der Waals surface area contributed by atoms with Gasteiger partial charge in [0.1, 0.15) is 0 Å². The zero-order chi connectivity index (χ0) is 13.7. The fourth-order valence-electron chi connectivity index (χ4n) is 1.43. The summed E-state index contributed by atoms with van der Waals surface area (Å²) >= 11 is 7.18. The highest BCUT2D eigenvalue weighted by atomic mass is 35.5. The molecule has 0 aliphatic carbocycles. The quantitative estimate of drug-likeness (QED) is 0.805. The number of thioether (sulfide) groups is 1. The average molecular weight is 298 g/mol. The molecule has 0 saturated carbocycles. The Morgan fingerprint density at radius 2 is 2.00 bits per heavy atom. The van der Waals surface area contributed by atoms with Crippen LogP contribution in [0.2, 0.25) is 5.02 Å². The van der Waals surface area contributed by atoms with Crippen molar-refractivity contribution in [3.05, 3.63) is 34.9 Å². The molecule has 1 aromatic carbocycles. The van der Waals surface area contributed by atoms with Gasteiger partial charge in [0, 0.05) is 17.3 Å². The molecule has 2 amide bonds. The Hall–Kier alpha value is -1.53. The molecule has 2 rings (SSSR count). The molecule has 1 aromatic rings. The van der Waals surface area contributed by atoms with Crippen molar-refractivity contribution in [2.75, 3.05) is 12.3 Å². The second-order valence-electron chi connectivity index (χ2n) is 3.80. The van der Waals surface area contributed by atoms with Crippen molar-refractivity contribution in [3.8, 4) is 0 Å². The predicted octanol–water partition coefficient (Wildman–Crippen LogP) is 1.18. The molecule has 0 aromatic heterocycles. The Morgan fingerprint density at radius 3 is 2.63 bits per heavy atom. The fourth-order valence-corrected chi connectivity index (χ4v) is 2.28. The molecule has 1 aliphatic rings. The Bertz CT molecular complexity index is 516. The van der Waals surface area contributed by atoms with Crippen LogP contribution in [0, 0.1) is 0 Å². The summed E-state index contributed by atoms with van der Waals surface area (Å²) < 4.78 is 0. The molecular weight excluding hydrogens is 286 g/mol. The lowest BCUT2D eigenvalue weighted by molar-refractivity contribution is -0.138. The van der Waals surface area contributed by atoms with Crippen LogP contribution in [0.25, 0.3) is 0 Å². The van der Waals surface area contributed by atoms with Gasteiger partial charge < -0.3 is 5.32 Å². The van der Waals surface area contributed by atoms with Crippen molar-refractivity contribution in [1.29, 1.82) is 0 Å². The highest BCUT2D eigenvalue weighted by molar-refractivity contribution is 8.14. The largest absolute Gasteiger partial charge is 0.344 e. The Morgan fingerprint density at radius 1 is 1.26 bits per heavy atom. The van der Waals surface area contributed by atoms with Gasteiger partial charge in [-0.1, -0.05) is 35.5 Å². The van der Waals surface area contributed by atoms with Gasteiger partial charge in [-0.2, -0.15) is 0 Å². The van der Waals surface area contributed by atoms with E-state index in [0.717, 1.165) is 11.3 Å². The summed E-state index contributed by atoms with van der Waals surface area (Å²) in [6.45, 7) is 0.954. The van der Waals surface area contributed by atoms with Gasteiger partial charge in [-0.05, 0) is 17.7 Å². The SMILES string of the molecule is O=C(NCc1ccc(Cl)cc1)C(=O)NC1=NCCS1.